The molecule has 0 aliphatic heterocycles. The number of carbonyl (C=O) groups is 1. The van der Waals surface area contributed by atoms with Crippen LogP contribution in [-0.4, -0.2) is 29.9 Å². The minimum atomic E-state index is -0.0979. The summed E-state index contributed by atoms with van der Waals surface area (Å²) < 4.78 is 0. The first-order chi connectivity index (χ1) is 7.88. The zero-order chi connectivity index (χ0) is 13.4. The van der Waals surface area contributed by atoms with Crippen molar-refractivity contribution in [2.24, 2.45) is 17.6 Å². The van der Waals surface area contributed by atoms with Crippen molar-refractivity contribution < 1.29 is 4.79 Å². The van der Waals surface area contributed by atoms with Crippen LogP contribution in [0.3, 0.4) is 0 Å². The zero-order valence-electron chi connectivity index (χ0n) is 11.4. The number of nitrogens with two attached hydrogens (primary N) is 1. The molecule has 0 heterocycles. The van der Waals surface area contributed by atoms with Gasteiger partial charge >= 0.3 is 0 Å². The van der Waals surface area contributed by atoms with Crippen LogP contribution in [0.4, 0.5) is 0 Å². The van der Waals surface area contributed by atoms with Gasteiger partial charge in [0.1, 0.15) is 0 Å². The Labute approximate surface area is 105 Å². The van der Waals surface area contributed by atoms with Gasteiger partial charge < -0.3 is 10.6 Å². The Balaban J connectivity index is 4.36. The summed E-state index contributed by atoms with van der Waals surface area (Å²) in [6.07, 6.45) is 0.755. The smallest absolute Gasteiger partial charge is 0.224 e. The molecule has 0 saturated heterocycles. The number of hydrogen-bond acceptors (Lipinski definition) is 3. The highest BCUT2D eigenvalue weighted by atomic mass is 16.2. The highest BCUT2D eigenvalue weighted by Gasteiger charge is 2.19. The van der Waals surface area contributed by atoms with E-state index < -0.39 is 0 Å². The number of rotatable bonds is 7. The molecule has 0 rings (SSSR count). The molecule has 1 amide bonds. The molecule has 0 aromatic rings. The Hall–Kier alpha value is -1.08. The molecule has 4 nitrogen and oxygen atoms in total. The van der Waals surface area contributed by atoms with Gasteiger partial charge in [-0.3, -0.25) is 4.79 Å². The van der Waals surface area contributed by atoms with Gasteiger partial charge in [0, 0.05) is 25.6 Å². The van der Waals surface area contributed by atoms with Crippen molar-refractivity contribution in [1.82, 2.24) is 4.90 Å². The van der Waals surface area contributed by atoms with E-state index in [1.807, 2.05) is 13.8 Å². The van der Waals surface area contributed by atoms with Gasteiger partial charge in [-0.15, -0.1) is 0 Å². The van der Waals surface area contributed by atoms with Crippen LogP contribution >= 0.6 is 0 Å². The Morgan fingerprint density at radius 3 is 2.35 bits per heavy atom. The van der Waals surface area contributed by atoms with Crippen molar-refractivity contribution in [1.29, 1.82) is 5.26 Å². The molecule has 0 radical (unpaired) electrons. The van der Waals surface area contributed by atoms with Crippen LogP contribution in [0.25, 0.3) is 0 Å². The Kier molecular flexibility index (Phi) is 7.56. The van der Waals surface area contributed by atoms with Gasteiger partial charge in [0.25, 0.3) is 0 Å². The van der Waals surface area contributed by atoms with Crippen LogP contribution in [0.15, 0.2) is 0 Å². The van der Waals surface area contributed by atoms with Crippen LogP contribution < -0.4 is 5.73 Å². The molecule has 0 bridgehead atoms. The molecular weight excluding hydrogens is 214 g/mol. The third-order valence-electron chi connectivity index (χ3n) is 2.70. The molecule has 0 aliphatic rings. The van der Waals surface area contributed by atoms with E-state index in [1.54, 1.807) is 4.90 Å². The minimum Gasteiger partial charge on any atom is -0.341 e. The number of nitrogens with zero attached hydrogens (tertiary/aromatic N) is 2. The molecule has 0 spiro atoms. The van der Waals surface area contributed by atoms with Crippen LogP contribution in [-0.2, 0) is 4.79 Å². The largest absolute Gasteiger partial charge is 0.341 e. The summed E-state index contributed by atoms with van der Waals surface area (Å²) in [7, 11) is 0. The Morgan fingerprint density at radius 1 is 1.35 bits per heavy atom. The van der Waals surface area contributed by atoms with Crippen LogP contribution in [0.1, 0.15) is 40.5 Å². The van der Waals surface area contributed by atoms with E-state index in [0.29, 0.717) is 37.8 Å². The fraction of sp³-hybridized carbons (Fsp3) is 0.846. The van der Waals surface area contributed by atoms with Crippen molar-refractivity contribution in [3.63, 3.8) is 0 Å². The molecule has 1 atom stereocenters. The van der Waals surface area contributed by atoms with Gasteiger partial charge in [-0.25, -0.2) is 0 Å². The first kappa shape index (κ1) is 15.9. The van der Waals surface area contributed by atoms with Crippen LogP contribution in [0, 0.1) is 23.2 Å². The summed E-state index contributed by atoms with van der Waals surface area (Å²) in [6.45, 7) is 9.37. The van der Waals surface area contributed by atoms with Crippen molar-refractivity contribution in [3.05, 3.63) is 0 Å². The van der Waals surface area contributed by atoms with E-state index in [0.717, 1.165) is 0 Å². The zero-order valence-corrected chi connectivity index (χ0v) is 11.4. The Morgan fingerprint density at radius 2 is 1.94 bits per heavy atom. The first-order valence-corrected chi connectivity index (χ1v) is 6.28. The maximum atomic E-state index is 12.0. The van der Waals surface area contributed by atoms with E-state index in [4.69, 9.17) is 11.0 Å². The van der Waals surface area contributed by atoms with E-state index >= 15 is 0 Å². The predicted molar refractivity (Wildman–Crippen MR) is 69.1 cm³/mol. The van der Waals surface area contributed by atoms with Gasteiger partial charge in [-0.1, -0.05) is 27.7 Å². The van der Waals surface area contributed by atoms with Crippen LogP contribution in [0.2, 0.25) is 0 Å². The van der Waals surface area contributed by atoms with Crippen molar-refractivity contribution in [2.75, 3.05) is 13.1 Å². The lowest BCUT2D eigenvalue weighted by atomic mass is 10.0. The minimum absolute atomic E-state index is 0.0650. The number of nitriles is 1. The third-order valence-corrected chi connectivity index (χ3v) is 2.70. The van der Waals surface area contributed by atoms with Gasteiger partial charge in [0.2, 0.25) is 5.91 Å². The normalized spacial score (nSPS) is 12.6. The third kappa shape index (κ3) is 6.96. The molecule has 4 heteroatoms. The summed E-state index contributed by atoms with van der Waals surface area (Å²) in [5.41, 5.74) is 5.90. The van der Waals surface area contributed by atoms with Crippen molar-refractivity contribution in [2.45, 2.75) is 46.6 Å². The molecule has 98 valence electrons. The van der Waals surface area contributed by atoms with Crippen molar-refractivity contribution in [3.8, 4) is 6.07 Å². The molecule has 17 heavy (non-hydrogen) atoms. The summed E-state index contributed by atoms with van der Waals surface area (Å²) in [6, 6.07) is 1.98. The van der Waals surface area contributed by atoms with Gasteiger partial charge in [-0.2, -0.15) is 5.26 Å². The summed E-state index contributed by atoms with van der Waals surface area (Å²) >= 11 is 0. The van der Waals surface area contributed by atoms with Gasteiger partial charge in [0.15, 0.2) is 0 Å². The molecule has 0 saturated carbocycles. The second kappa shape index (κ2) is 8.08. The van der Waals surface area contributed by atoms with Gasteiger partial charge in [0.05, 0.1) is 12.5 Å². The standard InChI is InChI=1S/C13H25N3O/c1-10(2)9-16(7-5-6-14)13(17)8-12(15)11(3)4/h10-12H,5,7-9,15H2,1-4H3. The first-order valence-electron chi connectivity index (χ1n) is 6.28. The van der Waals surface area contributed by atoms with Gasteiger partial charge in [-0.05, 0) is 11.8 Å². The lowest BCUT2D eigenvalue weighted by molar-refractivity contribution is -0.132. The van der Waals surface area contributed by atoms with E-state index in [1.165, 1.54) is 0 Å². The average Bonchev–Trinajstić information content (AvgIpc) is 2.23. The molecule has 1 unspecified atom stereocenters. The Bertz CT molecular complexity index is 268. The van der Waals surface area contributed by atoms with Crippen LogP contribution in [0.5, 0.6) is 0 Å². The molecule has 0 aromatic carbocycles. The number of hydrogen-bond donors (Lipinski definition) is 1. The maximum absolute atomic E-state index is 12.0. The SMILES string of the molecule is CC(C)CN(CCC#N)C(=O)CC(N)C(C)C. The van der Waals surface area contributed by atoms with E-state index in [2.05, 4.69) is 19.9 Å². The number of amides is 1. The second-order valence-electron chi connectivity index (χ2n) is 5.25. The molecular formula is C13H25N3O. The molecule has 2 N–H and O–H groups in total. The fourth-order valence-corrected chi connectivity index (χ4v) is 1.51. The molecule has 0 aliphatic carbocycles. The van der Waals surface area contributed by atoms with E-state index in [9.17, 15) is 4.79 Å². The van der Waals surface area contributed by atoms with Crippen molar-refractivity contribution >= 4 is 5.91 Å². The number of carbonyl (C=O) groups excluding carboxylic acids is 1. The van der Waals surface area contributed by atoms with E-state index in [-0.39, 0.29) is 11.9 Å². The second-order valence-corrected chi connectivity index (χ2v) is 5.25. The monoisotopic (exact) mass is 239 g/mol. The maximum Gasteiger partial charge on any atom is 0.224 e. The summed E-state index contributed by atoms with van der Waals surface area (Å²) in [5, 5.41) is 8.59. The average molecular weight is 239 g/mol. The summed E-state index contributed by atoms with van der Waals surface area (Å²) in [4.78, 5) is 13.8. The lowest BCUT2D eigenvalue weighted by Gasteiger charge is -2.26. The summed E-state index contributed by atoms with van der Waals surface area (Å²) in [5.74, 6) is 0.777. The quantitative estimate of drug-likeness (QED) is 0.736. The highest BCUT2D eigenvalue weighted by Crippen LogP contribution is 2.08. The predicted octanol–water partition coefficient (Wildman–Crippen LogP) is 1.76. The lowest BCUT2D eigenvalue weighted by Crippen LogP contribution is -2.40. The molecule has 0 fully saturated rings. The molecule has 0 aromatic heterocycles. The fourth-order valence-electron chi connectivity index (χ4n) is 1.51. The highest BCUT2D eigenvalue weighted by molar-refractivity contribution is 5.76. The topological polar surface area (TPSA) is 70.1 Å².